The molecule has 0 saturated carbocycles. The van der Waals surface area contributed by atoms with Gasteiger partial charge in [0.05, 0.1) is 11.8 Å². The van der Waals surface area contributed by atoms with Crippen LogP contribution in [0.2, 0.25) is 0 Å². The number of aromatic amines is 1. The first-order chi connectivity index (χ1) is 10.7. The number of para-hydroxylation sites is 1. The fourth-order valence-electron chi connectivity index (χ4n) is 3.09. The summed E-state index contributed by atoms with van der Waals surface area (Å²) in [5.74, 6) is 0.871. The number of rotatable bonds is 3. The lowest BCUT2D eigenvalue weighted by atomic mass is 10.1. The van der Waals surface area contributed by atoms with Crippen LogP contribution in [0.4, 0.5) is 5.69 Å². The van der Waals surface area contributed by atoms with Gasteiger partial charge in [-0.05, 0) is 26.0 Å². The summed E-state index contributed by atoms with van der Waals surface area (Å²) in [7, 11) is 0. The lowest BCUT2D eigenvalue weighted by molar-refractivity contribution is 0.219. The van der Waals surface area contributed by atoms with Gasteiger partial charge >= 0.3 is 0 Å². The van der Waals surface area contributed by atoms with E-state index in [2.05, 4.69) is 50.1 Å². The van der Waals surface area contributed by atoms with Crippen molar-refractivity contribution in [3.8, 4) is 6.07 Å². The molecule has 22 heavy (non-hydrogen) atoms. The molecule has 1 atom stereocenters. The molecule has 114 valence electrons. The van der Waals surface area contributed by atoms with Crippen LogP contribution < -0.4 is 4.90 Å². The van der Waals surface area contributed by atoms with E-state index < -0.39 is 0 Å². The van der Waals surface area contributed by atoms with E-state index in [1.54, 1.807) is 0 Å². The molecule has 1 saturated heterocycles. The van der Waals surface area contributed by atoms with Crippen LogP contribution in [-0.2, 0) is 0 Å². The molecule has 0 radical (unpaired) electrons. The normalized spacial score (nSPS) is 17.2. The number of hydrogen-bond donors (Lipinski definition) is 1. The molecule has 1 aromatic carbocycles. The first-order valence-corrected chi connectivity index (χ1v) is 7.66. The molecule has 0 aliphatic carbocycles. The van der Waals surface area contributed by atoms with Crippen molar-refractivity contribution in [2.24, 2.45) is 0 Å². The Kier molecular flexibility index (Phi) is 4.12. The maximum absolute atomic E-state index is 9.59. The lowest BCUT2D eigenvalue weighted by Crippen LogP contribution is -2.47. The van der Waals surface area contributed by atoms with Crippen LogP contribution in [0.3, 0.4) is 0 Å². The highest BCUT2D eigenvalue weighted by Gasteiger charge is 2.27. The summed E-state index contributed by atoms with van der Waals surface area (Å²) in [6, 6.07) is 12.6. The molecule has 0 amide bonds. The van der Waals surface area contributed by atoms with E-state index in [-0.39, 0.29) is 6.04 Å². The van der Waals surface area contributed by atoms with E-state index in [4.69, 9.17) is 0 Å². The molecule has 1 aromatic heterocycles. The van der Waals surface area contributed by atoms with Gasteiger partial charge < -0.3 is 9.88 Å². The number of nitrogens with one attached hydrogen (secondary N) is 1. The molecule has 1 aliphatic heterocycles. The van der Waals surface area contributed by atoms with Crippen molar-refractivity contribution in [3.05, 3.63) is 47.5 Å². The van der Waals surface area contributed by atoms with Crippen molar-refractivity contribution in [1.29, 1.82) is 5.26 Å². The Bertz CT molecular complexity index is 662. The SMILES string of the molecule is Cc1nc(C(C#N)N2CCN(c3ccccc3)CC2)c(C)[nH]1. The van der Waals surface area contributed by atoms with E-state index >= 15 is 0 Å². The molecule has 2 heterocycles. The summed E-state index contributed by atoms with van der Waals surface area (Å²) in [4.78, 5) is 12.3. The van der Waals surface area contributed by atoms with Crippen LogP contribution >= 0.6 is 0 Å². The molecular formula is C17H21N5. The number of imidazole rings is 1. The average Bonchev–Trinajstić information content (AvgIpc) is 2.88. The third-order valence-corrected chi connectivity index (χ3v) is 4.22. The zero-order chi connectivity index (χ0) is 15.5. The van der Waals surface area contributed by atoms with Crippen molar-refractivity contribution in [3.63, 3.8) is 0 Å². The Hall–Kier alpha value is -2.32. The predicted molar refractivity (Wildman–Crippen MR) is 86.6 cm³/mol. The molecule has 5 nitrogen and oxygen atoms in total. The molecule has 1 fully saturated rings. The van der Waals surface area contributed by atoms with Gasteiger partial charge in [0.25, 0.3) is 0 Å². The van der Waals surface area contributed by atoms with Gasteiger partial charge in [0.1, 0.15) is 11.9 Å². The lowest BCUT2D eigenvalue weighted by Gasteiger charge is -2.37. The molecule has 1 unspecified atom stereocenters. The molecule has 5 heteroatoms. The monoisotopic (exact) mass is 295 g/mol. The maximum atomic E-state index is 9.59. The second kappa shape index (κ2) is 6.20. The fraction of sp³-hybridized carbons (Fsp3) is 0.412. The summed E-state index contributed by atoms with van der Waals surface area (Å²) in [6.45, 7) is 7.53. The van der Waals surface area contributed by atoms with Gasteiger partial charge in [-0.2, -0.15) is 5.26 Å². The number of anilines is 1. The van der Waals surface area contributed by atoms with Crippen LogP contribution in [0.1, 0.15) is 23.3 Å². The van der Waals surface area contributed by atoms with Gasteiger partial charge in [0.2, 0.25) is 0 Å². The van der Waals surface area contributed by atoms with E-state index in [9.17, 15) is 5.26 Å². The van der Waals surface area contributed by atoms with Gasteiger partial charge in [-0.25, -0.2) is 4.98 Å². The standard InChI is InChI=1S/C17H21N5/c1-13-17(20-14(2)19-13)16(12-18)22-10-8-21(9-11-22)15-6-4-3-5-7-15/h3-7,16H,8-11H2,1-2H3,(H,19,20). The fourth-order valence-corrected chi connectivity index (χ4v) is 3.09. The number of benzene rings is 1. The summed E-state index contributed by atoms with van der Waals surface area (Å²) >= 11 is 0. The predicted octanol–water partition coefficient (Wildman–Crippen LogP) is 2.41. The molecule has 1 N–H and O–H groups in total. The van der Waals surface area contributed by atoms with Crippen LogP contribution in [-0.4, -0.2) is 41.0 Å². The zero-order valence-corrected chi connectivity index (χ0v) is 13.1. The minimum absolute atomic E-state index is 0.261. The van der Waals surface area contributed by atoms with Crippen molar-refractivity contribution in [2.45, 2.75) is 19.9 Å². The number of aryl methyl sites for hydroxylation is 2. The maximum Gasteiger partial charge on any atom is 0.142 e. The summed E-state index contributed by atoms with van der Waals surface area (Å²) < 4.78 is 0. The largest absolute Gasteiger partial charge is 0.369 e. The van der Waals surface area contributed by atoms with Gasteiger partial charge in [-0.1, -0.05) is 18.2 Å². The molecule has 3 rings (SSSR count). The van der Waals surface area contributed by atoms with Crippen molar-refractivity contribution < 1.29 is 0 Å². The zero-order valence-electron chi connectivity index (χ0n) is 13.1. The number of nitriles is 1. The molecular weight excluding hydrogens is 274 g/mol. The van der Waals surface area contributed by atoms with Gasteiger partial charge in [-0.15, -0.1) is 0 Å². The Labute approximate surface area is 131 Å². The Morgan fingerprint density at radius 3 is 2.36 bits per heavy atom. The van der Waals surface area contributed by atoms with E-state index in [0.717, 1.165) is 43.4 Å². The highest BCUT2D eigenvalue weighted by molar-refractivity contribution is 5.46. The first-order valence-electron chi connectivity index (χ1n) is 7.66. The van der Waals surface area contributed by atoms with Crippen LogP contribution in [0.5, 0.6) is 0 Å². The number of piperazine rings is 1. The second-order valence-corrected chi connectivity index (χ2v) is 5.72. The third kappa shape index (κ3) is 2.83. The highest BCUT2D eigenvalue weighted by atomic mass is 15.3. The Morgan fingerprint density at radius 1 is 1.14 bits per heavy atom. The number of aromatic nitrogens is 2. The van der Waals surface area contributed by atoms with E-state index in [0.29, 0.717) is 0 Å². The van der Waals surface area contributed by atoms with Gasteiger partial charge in [-0.3, -0.25) is 4.90 Å². The van der Waals surface area contributed by atoms with Crippen LogP contribution in [0.25, 0.3) is 0 Å². The molecule has 0 bridgehead atoms. The Morgan fingerprint density at radius 2 is 1.82 bits per heavy atom. The highest BCUT2D eigenvalue weighted by Crippen LogP contribution is 2.24. The van der Waals surface area contributed by atoms with Crippen molar-refractivity contribution in [1.82, 2.24) is 14.9 Å². The summed E-state index contributed by atoms with van der Waals surface area (Å²) in [5, 5.41) is 9.59. The number of H-pyrrole nitrogens is 1. The van der Waals surface area contributed by atoms with Crippen LogP contribution in [0, 0.1) is 25.2 Å². The van der Waals surface area contributed by atoms with Crippen LogP contribution in [0.15, 0.2) is 30.3 Å². The van der Waals surface area contributed by atoms with E-state index in [1.807, 2.05) is 19.9 Å². The van der Waals surface area contributed by atoms with Gasteiger partial charge in [0, 0.05) is 37.6 Å². The second-order valence-electron chi connectivity index (χ2n) is 5.72. The molecule has 2 aromatic rings. The third-order valence-electron chi connectivity index (χ3n) is 4.22. The van der Waals surface area contributed by atoms with Crippen molar-refractivity contribution >= 4 is 5.69 Å². The minimum atomic E-state index is -0.261. The number of hydrogen-bond acceptors (Lipinski definition) is 4. The summed E-state index contributed by atoms with van der Waals surface area (Å²) in [6.07, 6.45) is 0. The average molecular weight is 295 g/mol. The smallest absolute Gasteiger partial charge is 0.142 e. The quantitative estimate of drug-likeness (QED) is 0.944. The Balaban J connectivity index is 1.70. The molecule has 1 aliphatic rings. The topological polar surface area (TPSA) is 59.0 Å². The number of nitrogens with zero attached hydrogens (tertiary/aromatic N) is 4. The summed E-state index contributed by atoms with van der Waals surface area (Å²) in [5.41, 5.74) is 3.12. The minimum Gasteiger partial charge on any atom is -0.369 e. The van der Waals surface area contributed by atoms with Gasteiger partial charge in [0.15, 0.2) is 0 Å². The van der Waals surface area contributed by atoms with E-state index in [1.165, 1.54) is 5.69 Å². The van der Waals surface area contributed by atoms with Crippen molar-refractivity contribution in [2.75, 3.05) is 31.1 Å². The first kappa shape index (κ1) is 14.6. The molecule has 0 spiro atoms.